The van der Waals surface area contributed by atoms with Crippen molar-refractivity contribution in [2.75, 3.05) is 13.2 Å². The number of hydrogen-bond acceptors (Lipinski definition) is 5. The fraction of sp³-hybridized carbons (Fsp3) is 0.269. The second-order valence-corrected chi connectivity index (χ2v) is 7.93. The van der Waals surface area contributed by atoms with Gasteiger partial charge in [0.05, 0.1) is 24.5 Å². The molecule has 1 saturated heterocycles. The lowest BCUT2D eigenvalue weighted by Crippen LogP contribution is -2.31. The summed E-state index contributed by atoms with van der Waals surface area (Å²) in [7, 11) is 0. The van der Waals surface area contributed by atoms with Gasteiger partial charge >= 0.3 is 0 Å². The summed E-state index contributed by atoms with van der Waals surface area (Å²) in [6.45, 7) is 3.68. The molecule has 3 aromatic rings. The molecular formula is C26H27N3O4. The number of aliphatic hydroxyl groups is 1. The maximum absolute atomic E-state index is 13.1. The van der Waals surface area contributed by atoms with Gasteiger partial charge in [-0.05, 0) is 30.5 Å². The van der Waals surface area contributed by atoms with Crippen LogP contribution in [0, 0.1) is 0 Å². The molecule has 1 amide bonds. The van der Waals surface area contributed by atoms with Gasteiger partial charge in [0.1, 0.15) is 11.5 Å². The largest absolute Gasteiger partial charge is 0.507 e. The SMILES string of the molecule is CCCOc1ccc(C2/C(=C(\O)c3ccccc3)C(=O)C(=O)N2CCCn2ccnc2)cc1. The van der Waals surface area contributed by atoms with Crippen molar-refractivity contribution in [2.45, 2.75) is 32.4 Å². The zero-order valence-corrected chi connectivity index (χ0v) is 18.6. The van der Waals surface area contributed by atoms with E-state index in [1.165, 1.54) is 0 Å². The predicted molar refractivity (Wildman–Crippen MR) is 125 cm³/mol. The van der Waals surface area contributed by atoms with E-state index in [1.54, 1.807) is 41.7 Å². The van der Waals surface area contributed by atoms with Crippen LogP contribution in [0.25, 0.3) is 5.76 Å². The molecule has 1 fully saturated rings. The summed E-state index contributed by atoms with van der Waals surface area (Å²) in [5.74, 6) is -0.715. The number of imidazole rings is 1. The number of benzene rings is 2. The zero-order chi connectivity index (χ0) is 23.2. The summed E-state index contributed by atoms with van der Waals surface area (Å²) in [4.78, 5) is 31.7. The molecule has 7 nitrogen and oxygen atoms in total. The molecule has 2 heterocycles. The highest BCUT2D eigenvalue weighted by atomic mass is 16.5. The van der Waals surface area contributed by atoms with Crippen LogP contribution in [0.5, 0.6) is 5.75 Å². The zero-order valence-electron chi connectivity index (χ0n) is 18.6. The molecule has 0 bridgehead atoms. The molecule has 2 aromatic carbocycles. The first-order valence-corrected chi connectivity index (χ1v) is 11.1. The minimum atomic E-state index is -0.673. The number of likely N-dealkylation sites (tertiary alicyclic amines) is 1. The van der Waals surface area contributed by atoms with Crippen LogP contribution < -0.4 is 4.74 Å². The first-order valence-electron chi connectivity index (χ1n) is 11.1. The number of ether oxygens (including phenoxy) is 1. The van der Waals surface area contributed by atoms with Gasteiger partial charge in [-0.3, -0.25) is 9.59 Å². The highest BCUT2D eigenvalue weighted by Gasteiger charge is 2.45. The van der Waals surface area contributed by atoms with Crippen molar-refractivity contribution in [3.8, 4) is 5.75 Å². The number of aromatic nitrogens is 2. The molecule has 1 atom stereocenters. The number of Topliss-reactive ketones (excluding diaryl/α,β-unsaturated/α-hetero) is 1. The summed E-state index contributed by atoms with van der Waals surface area (Å²) in [6, 6.07) is 15.5. The highest BCUT2D eigenvalue weighted by Crippen LogP contribution is 2.39. The first kappa shape index (κ1) is 22.3. The van der Waals surface area contributed by atoms with Crippen LogP contribution in [0.1, 0.15) is 36.9 Å². The van der Waals surface area contributed by atoms with Crippen molar-refractivity contribution in [1.29, 1.82) is 0 Å². The topological polar surface area (TPSA) is 84.7 Å². The second kappa shape index (κ2) is 10.2. The van der Waals surface area contributed by atoms with Crippen LogP contribution in [-0.2, 0) is 16.1 Å². The van der Waals surface area contributed by atoms with Gasteiger partial charge in [0.2, 0.25) is 0 Å². The van der Waals surface area contributed by atoms with Crippen LogP contribution in [-0.4, -0.2) is 44.4 Å². The van der Waals surface area contributed by atoms with Crippen LogP contribution in [0.3, 0.4) is 0 Å². The van der Waals surface area contributed by atoms with Crippen LogP contribution in [0.2, 0.25) is 0 Å². The van der Waals surface area contributed by atoms with E-state index in [2.05, 4.69) is 4.98 Å². The van der Waals surface area contributed by atoms with Gasteiger partial charge in [-0.1, -0.05) is 49.4 Å². The lowest BCUT2D eigenvalue weighted by molar-refractivity contribution is -0.139. The van der Waals surface area contributed by atoms with Crippen molar-refractivity contribution < 1.29 is 19.4 Å². The van der Waals surface area contributed by atoms with Crippen molar-refractivity contribution in [2.24, 2.45) is 0 Å². The smallest absolute Gasteiger partial charge is 0.295 e. The third-order valence-corrected chi connectivity index (χ3v) is 5.63. The van der Waals surface area contributed by atoms with Gasteiger partial charge in [-0.2, -0.15) is 0 Å². The third-order valence-electron chi connectivity index (χ3n) is 5.63. The number of aliphatic hydroxyl groups excluding tert-OH is 1. The van der Waals surface area contributed by atoms with Crippen LogP contribution in [0.15, 0.2) is 78.9 Å². The van der Waals surface area contributed by atoms with E-state index in [0.29, 0.717) is 31.7 Å². The number of nitrogens with zero attached hydrogens (tertiary/aromatic N) is 3. The summed E-state index contributed by atoms with van der Waals surface area (Å²) >= 11 is 0. The lowest BCUT2D eigenvalue weighted by Gasteiger charge is -2.25. The predicted octanol–water partition coefficient (Wildman–Crippen LogP) is 4.18. The van der Waals surface area contributed by atoms with Crippen molar-refractivity contribution in [1.82, 2.24) is 14.5 Å². The summed E-state index contributed by atoms with van der Waals surface area (Å²) in [6.07, 6.45) is 6.82. The Hall–Kier alpha value is -3.87. The summed E-state index contributed by atoms with van der Waals surface area (Å²) in [5.41, 5.74) is 1.36. The average molecular weight is 446 g/mol. The maximum Gasteiger partial charge on any atom is 0.295 e. The van der Waals surface area contributed by atoms with Gasteiger partial charge in [0.25, 0.3) is 11.7 Å². The van der Waals surface area contributed by atoms with Gasteiger partial charge < -0.3 is 19.3 Å². The molecule has 7 heteroatoms. The molecule has 170 valence electrons. The number of ketones is 1. The normalized spacial score (nSPS) is 17.5. The van der Waals surface area contributed by atoms with E-state index in [1.807, 2.05) is 48.0 Å². The van der Waals surface area contributed by atoms with Gasteiger partial charge in [0.15, 0.2) is 0 Å². The molecule has 0 radical (unpaired) electrons. The van der Waals surface area contributed by atoms with E-state index in [-0.39, 0.29) is 11.3 Å². The number of carbonyl (C=O) groups excluding carboxylic acids is 2. The monoisotopic (exact) mass is 445 g/mol. The quantitative estimate of drug-likeness (QED) is 0.303. The molecule has 0 aliphatic carbocycles. The lowest BCUT2D eigenvalue weighted by atomic mass is 9.95. The number of carbonyl (C=O) groups is 2. The van der Waals surface area contributed by atoms with Crippen molar-refractivity contribution in [3.63, 3.8) is 0 Å². The van der Waals surface area contributed by atoms with E-state index in [9.17, 15) is 14.7 Å². The Bertz CT molecular complexity index is 1120. The van der Waals surface area contributed by atoms with Crippen LogP contribution >= 0.6 is 0 Å². The molecule has 1 aliphatic rings. The molecule has 0 saturated carbocycles. The Kier molecular flexibility index (Phi) is 6.88. The minimum absolute atomic E-state index is 0.107. The maximum atomic E-state index is 13.1. The van der Waals surface area contributed by atoms with Gasteiger partial charge in [-0.15, -0.1) is 0 Å². The number of hydrogen-bond donors (Lipinski definition) is 1. The molecule has 1 N–H and O–H groups in total. The molecule has 1 aliphatic heterocycles. The molecule has 33 heavy (non-hydrogen) atoms. The summed E-state index contributed by atoms with van der Waals surface area (Å²) in [5, 5.41) is 11.0. The highest BCUT2D eigenvalue weighted by molar-refractivity contribution is 6.46. The van der Waals surface area contributed by atoms with E-state index < -0.39 is 17.7 Å². The third kappa shape index (κ3) is 4.82. The fourth-order valence-electron chi connectivity index (χ4n) is 4.02. The number of aryl methyl sites for hydroxylation is 1. The molecule has 1 aromatic heterocycles. The van der Waals surface area contributed by atoms with E-state index in [4.69, 9.17) is 4.74 Å². The van der Waals surface area contributed by atoms with Gasteiger partial charge in [-0.25, -0.2) is 4.98 Å². The first-order chi connectivity index (χ1) is 16.1. The van der Waals surface area contributed by atoms with Crippen molar-refractivity contribution in [3.05, 3.63) is 90.0 Å². The Morgan fingerprint density at radius 2 is 1.82 bits per heavy atom. The van der Waals surface area contributed by atoms with E-state index >= 15 is 0 Å². The Morgan fingerprint density at radius 3 is 2.48 bits per heavy atom. The van der Waals surface area contributed by atoms with Crippen molar-refractivity contribution >= 4 is 17.4 Å². The number of amides is 1. The Morgan fingerprint density at radius 1 is 1.06 bits per heavy atom. The van der Waals surface area contributed by atoms with Crippen LogP contribution in [0.4, 0.5) is 0 Å². The minimum Gasteiger partial charge on any atom is -0.507 e. The standard InChI is InChI=1S/C26H27N3O4/c1-2-17-33-21-11-9-19(10-12-21)23-22(24(30)20-7-4-3-5-8-20)25(31)26(32)29(23)15-6-14-28-16-13-27-18-28/h3-5,7-13,16,18,23,30H,2,6,14-15,17H2,1H3/b24-22+. The Balaban J connectivity index is 1.68. The summed E-state index contributed by atoms with van der Waals surface area (Å²) < 4.78 is 7.60. The van der Waals surface area contributed by atoms with Gasteiger partial charge in [0, 0.05) is 31.0 Å². The van der Waals surface area contributed by atoms with E-state index in [0.717, 1.165) is 17.7 Å². The Labute approximate surface area is 192 Å². The molecular weight excluding hydrogens is 418 g/mol. The fourth-order valence-corrected chi connectivity index (χ4v) is 4.02. The average Bonchev–Trinajstić information content (AvgIpc) is 3.45. The molecule has 1 unspecified atom stereocenters. The number of rotatable bonds is 9. The molecule has 4 rings (SSSR count). The molecule has 0 spiro atoms. The second-order valence-electron chi connectivity index (χ2n) is 7.93.